The third-order valence-corrected chi connectivity index (χ3v) is 5.52. The van der Waals surface area contributed by atoms with Crippen LogP contribution in [0.15, 0.2) is 42.6 Å². The molecule has 1 unspecified atom stereocenters. The van der Waals surface area contributed by atoms with Crippen molar-refractivity contribution in [1.82, 2.24) is 4.57 Å². The van der Waals surface area contributed by atoms with Gasteiger partial charge in [0.2, 0.25) is 0 Å². The largest absolute Gasteiger partial charge is 0.385 e. The van der Waals surface area contributed by atoms with Crippen LogP contribution in [0.3, 0.4) is 0 Å². The van der Waals surface area contributed by atoms with E-state index in [2.05, 4.69) is 67.9 Å². The van der Waals surface area contributed by atoms with Crippen molar-refractivity contribution < 1.29 is 14.7 Å². The van der Waals surface area contributed by atoms with Gasteiger partial charge in [0.15, 0.2) is 0 Å². The number of rotatable bonds is 9. The molecule has 0 radical (unpaired) electrons. The zero-order chi connectivity index (χ0) is 19.4. The van der Waals surface area contributed by atoms with E-state index in [0.29, 0.717) is 12.6 Å². The van der Waals surface area contributed by atoms with E-state index in [4.69, 9.17) is 4.74 Å². The first kappa shape index (κ1) is 20.1. The fourth-order valence-corrected chi connectivity index (χ4v) is 3.73. The first-order valence-electron chi connectivity index (χ1n) is 10.1. The van der Waals surface area contributed by atoms with Crippen molar-refractivity contribution in [2.75, 3.05) is 20.3 Å². The zero-order valence-electron chi connectivity index (χ0n) is 17.2. The molecule has 3 rings (SSSR count). The maximum atomic E-state index is 10.2. The highest BCUT2D eigenvalue weighted by Crippen LogP contribution is 2.22. The average Bonchev–Trinajstić information content (AvgIpc) is 3.37. The maximum absolute atomic E-state index is 10.2. The number of nitrogens with zero attached hydrogens (tertiary/aromatic N) is 1. The molecule has 1 aliphatic carbocycles. The van der Waals surface area contributed by atoms with Crippen molar-refractivity contribution in [2.45, 2.75) is 64.3 Å². The van der Waals surface area contributed by atoms with Crippen LogP contribution >= 0.6 is 0 Å². The summed E-state index contributed by atoms with van der Waals surface area (Å²) < 4.78 is 7.45. The molecule has 0 bridgehead atoms. The molecule has 148 valence electrons. The quantitative estimate of drug-likeness (QED) is 0.710. The summed E-state index contributed by atoms with van der Waals surface area (Å²) in [5.41, 5.74) is 4.22. The molecule has 1 aromatic heterocycles. The molecule has 0 saturated heterocycles. The van der Waals surface area contributed by atoms with Crippen LogP contribution in [0.4, 0.5) is 0 Å². The summed E-state index contributed by atoms with van der Waals surface area (Å²) in [5, 5.41) is 10.2. The molecule has 2 N–H and O–H groups in total. The van der Waals surface area contributed by atoms with Crippen LogP contribution in [-0.2, 0) is 23.2 Å². The van der Waals surface area contributed by atoms with Crippen molar-refractivity contribution in [3.8, 4) is 0 Å². The number of benzene rings is 1. The van der Waals surface area contributed by atoms with Crippen LogP contribution in [0.5, 0.6) is 0 Å². The fraction of sp³-hybridized carbons (Fsp3) is 0.565. The predicted octanol–water partition coefficient (Wildman–Crippen LogP) is 2.39. The summed E-state index contributed by atoms with van der Waals surface area (Å²) in [5.74, 6) is 0. The van der Waals surface area contributed by atoms with E-state index in [1.54, 1.807) is 7.11 Å². The van der Waals surface area contributed by atoms with Crippen LogP contribution in [0.1, 0.15) is 50.4 Å². The molecule has 2 aromatic rings. The van der Waals surface area contributed by atoms with E-state index in [1.165, 1.54) is 34.6 Å². The Hall–Kier alpha value is -1.62. The molecule has 1 fully saturated rings. The number of hydrogen-bond donors (Lipinski definition) is 2. The number of aliphatic hydroxyl groups is 1. The summed E-state index contributed by atoms with van der Waals surface area (Å²) in [4.78, 5) is 1.47. The van der Waals surface area contributed by atoms with Gasteiger partial charge in [-0.1, -0.05) is 45.0 Å². The maximum Gasteiger partial charge on any atom is 0.126 e. The number of methoxy groups -OCH3 is 1. The van der Waals surface area contributed by atoms with Gasteiger partial charge in [-0.25, -0.2) is 0 Å². The molecule has 1 heterocycles. The minimum Gasteiger partial charge on any atom is -0.385 e. The fourth-order valence-electron chi connectivity index (χ4n) is 3.73. The van der Waals surface area contributed by atoms with Crippen molar-refractivity contribution >= 4 is 0 Å². The second-order valence-electron chi connectivity index (χ2n) is 9.00. The third kappa shape index (κ3) is 5.68. The highest BCUT2D eigenvalue weighted by Gasteiger charge is 2.35. The molecule has 1 saturated carbocycles. The summed E-state index contributed by atoms with van der Waals surface area (Å²) >= 11 is 0. The van der Waals surface area contributed by atoms with Gasteiger partial charge in [-0.2, -0.15) is 0 Å². The Balaban J connectivity index is 1.66. The van der Waals surface area contributed by atoms with Gasteiger partial charge in [-0.05, 0) is 28.7 Å². The molecule has 4 nitrogen and oxygen atoms in total. The second-order valence-corrected chi connectivity index (χ2v) is 9.00. The van der Waals surface area contributed by atoms with Gasteiger partial charge in [-0.15, -0.1) is 0 Å². The zero-order valence-corrected chi connectivity index (χ0v) is 17.2. The number of aliphatic hydroxyl groups excluding tert-OH is 1. The number of nitrogens with one attached hydrogen (secondary N) is 1. The Morgan fingerprint density at radius 2 is 1.89 bits per heavy atom. The van der Waals surface area contributed by atoms with Gasteiger partial charge in [0.25, 0.3) is 0 Å². The van der Waals surface area contributed by atoms with Crippen LogP contribution in [-0.4, -0.2) is 42.1 Å². The Bertz CT molecular complexity index is 711. The smallest absolute Gasteiger partial charge is 0.126 e. The minimum absolute atomic E-state index is 0.189. The Kier molecular flexibility index (Phi) is 6.40. The van der Waals surface area contributed by atoms with Crippen LogP contribution in [0.2, 0.25) is 0 Å². The van der Waals surface area contributed by atoms with Gasteiger partial charge < -0.3 is 19.3 Å². The van der Waals surface area contributed by atoms with Crippen molar-refractivity contribution in [3.63, 3.8) is 0 Å². The molecule has 0 aliphatic heterocycles. The summed E-state index contributed by atoms with van der Waals surface area (Å²) in [6, 6.07) is 14.0. The lowest BCUT2D eigenvalue weighted by molar-refractivity contribution is -0.928. The average molecular weight is 372 g/mol. The Morgan fingerprint density at radius 3 is 2.48 bits per heavy atom. The lowest BCUT2D eigenvalue weighted by atomic mass is 9.87. The second kappa shape index (κ2) is 8.59. The summed E-state index contributed by atoms with van der Waals surface area (Å²) in [6.07, 6.45) is 4.32. The topological polar surface area (TPSA) is 38.8 Å². The molecule has 2 atom stereocenters. The molecular formula is C23H35N2O2+. The lowest BCUT2D eigenvalue weighted by Crippen LogP contribution is -3.13. The van der Waals surface area contributed by atoms with Crippen molar-refractivity contribution in [1.29, 1.82) is 0 Å². The van der Waals surface area contributed by atoms with E-state index in [9.17, 15) is 5.11 Å². The Morgan fingerprint density at radius 1 is 1.19 bits per heavy atom. The van der Waals surface area contributed by atoms with E-state index in [1.807, 2.05) is 0 Å². The number of aromatic nitrogens is 1. The van der Waals surface area contributed by atoms with Gasteiger partial charge in [0.1, 0.15) is 19.2 Å². The lowest BCUT2D eigenvalue weighted by Gasteiger charge is -2.23. The SMILES string of the molecule is COC[C@H](O)C[NH+](Cc1cccn1Cc1ccc(C(C)(C)C)cc1)C1CC1. The van der Waals surface area contributed by atoms with Crippen molar-refractivity contribution in [3.05, 3.63) is 59.4 Å². The van der Waals surface area contributed by atoms with Crippen LogP contribution in [0.25, 0.3) is 0 Å². The highest BCUT2D eigenvalue weighted by atomic mass is 16.5. The standard InChI is InChI=1S/C23H34N2O2/c1-23(2,3)19-9-7-18(8-10-19)14-24-13-5-6-21(24)15-25(20-11-12-20)16-22(26)17-27-4/h5-10,13,20,22,26H,11-12,14-17H2,1-4H3/p+1/t22-/m1/s1. The van der Waals surface area contributed by atoms with E-state index < -0.39 is 0 Å². The molecule has 0 amide bonds. The van der Waals surface area contributed by atoms with Crippen molar-refractivity contribution in [2.24, 2.45) is 0 Å². The number of hydrogen-bond acceptors (Lipinski definition) is 2. The van der Waals surface area contributed by atoms with Gasteiger partial charge in [-0.3, -0.25) is 0 Å². The van der Waals surface area contributed by atoms with Crippen LogP contribution in [0, 0.1) is 0 Å². The summed E-state index contributed by atoms with van der Waals surface area (Å²) in [7, 11) is 1.65. The van der Waals surface area contributed by atoms with E-state index in [0.717, 1.165) is 19.6 Å². The molecule has 0 spiro atoms. The van der Waals surface area contributed by atoms with Gasteiger partial charge in [0.05, 0.1) is 18.3 Å². The number of quaternary nitrogens is 1. The molecule has 1 aromatic carbocycles. The van der Waals surface area contributed by atoms with E-state index in [-0.39, 0.29) is 11.5 Å². The highest BCUT2D eigenvalue weighted by molar-refractivity contribution is 5.28. The first-order chi connectivity index (χ1) is 12.9. The number of ether oxygens (including phenoxy) is 1. The third-order valence-electron chi connectivity index (χ3n) is 5.52. The summed E-state index contributed by atoms with van der Waals surface area (Å²) in [6.45, 7) is 9.77. The van der Waals surface area contributed by atoms with Gasteiger partial charge in [0, 0.05) is 32.7 Å². The molecule has 1 aliphatic rings. The normalized spacial score (nSPS) is 17.1. The Labute approximate surface area is 163 Å². The predicted molar refractivity (Wildman–Crippen MR) is 109 cm³/mol. The monoisotopic (exact) mass is 371 g/mol. The van der Waals surface area contributed by atoms with E-state index >= 15 is 0 Å². The van der Waals surface area contributed by atoms with Gasteiger partial charge >= 0.3 is 0 Å². The molecule has 27 heavy (non-hydrogen) atoms. The molecular weight excluding hydrogens is 336 g/mol. The minimum atomic E-state index is -0.390. The first-order valence-corrected chi connectivity index (χ1v) is 10.1. The van der Waals surface area contributed by atoms with Crippen LogP contribution < -0.4 is 4.90 Å². The molecule has 4 heteroatoms.